The third-order valence-electron chi connectivity index (χ3n) is 4.29. The van der Waals surface area contributed by atoms with Crippen molar-refractivity contribution in [2.75, 3.05) is 11.9 Å². The van der Waals surface area contributed by atoms with Crippen LogP contribution in [-0.2, 0) is 9.59 Å². The predicted molar refractivity (Wildman–Crippen MR) is 118 cm³/mol. The molecule has 1 aliphatic rings. The molecule has 0 bridgehead atoms. The molecule has 2 aromatic carbocycles. The third-order valence-corrected chi connectivity index (χ3v) is 5.37. The van der Waals surface area contributed by atoms with Gasteiger partial charge in [-0.05, 0) is 42.8 Å². The molecule has 152 valence electrons. The first kappa shape index (κ1) is 20.9. The van der Waals surface area contributed by atoms with Crippen molar-refractivity contribution in [3.05, 3.63) is 54.6 Å². The molecule has 2 N–H and O–H groups in total. The Balaban J connectivity index is 1.48. The number of hydrogen-bond donors (Lipinski definition) is 2. The Morgan fingerprint density at radius 2 is 1.90 bits per heavy atom. The molecule has 1 heterocycles. The summed E-state index contributed by atoms with van der Waals surface area (Å²) in [4.78, 5) is 28.9. The highest BCUT2D eigenvalue weighted by Gasteiger charge is 2.32. The van der Waals surface area contributed by atoms with E-state index in [4.69, 9.17) is 4.74 Å². The normalized spacial score (nSPS) is 17.2. The van der Waals surface area contributed by atoms with E-state index >= 15 is 0 Å². The fourth-order valence-electron chi connectivity index (χ4n) is 2.77. The third kappa shape index (κ3) is 6.64. The van der Waals surface area contributed by atoms with Crippen LogP contribution in [0, 0.1) is 0 Å². The van der Waals surface area contributed by atoms with E-state index in [2.05, 4.69) is 22.5 Å². The van der Waals surface area contributed by atoms with E-state index in [1.807, 2.05) is 42.5 Å². The number of nitrogens with zero attached hydrogens (tertiary/aromatic N) is 1. The number of amidine groups is 1. The summed E-state index contributed by atoms with van der Waals surface area (Å²) in [5.74, 6) is 0.373. The van der Waals surface area contributed by atoms with E-state index in [1.54, 1.807) is 12.1 Å². The summed E-state index contributed by atoms with van der Waals surface area (Å²) in [6.45, 7) is 2.85. The summed E-state index contributed by atoms with van der Waals surface area (Å²) in [5.41, 5.74) is 1.44. The van der Waals surface area contributed by atoms with E-state index in [0.717, 1.165) is 30.7 Å². The van der Waals surface area contributed by atoms with Gasteiger partial charge in [-0.3, -0.25) is 9.59 Å². The van der Waals surface area contributed by atoms with Crippen molar-refractivity contribution in [1.29, 1.82) is 0 Å². The van der Waals surface area contributed by atoms with Gasteiger partial charge in [-0.25, -0.2) is 4.99 Å². The van der Waals surface area contributed by atoms with Crippen LogP contribution in [0.25, 0.3) is 0 Å². The molecule has 29 heavy (non-hydrogen) atoms. The SMILES string of the molecule is CCCCCOc1ccc(NC(=O)C[C@@H]2SC(=Nc3ccccc3)NC2=O)cc1. The molecular weight excluding hydrogens is 386 g/mol. The lowest BCUT2D eigenvalue weighted by Gasteiger charge is -2.09. The molecule has 1 fully saturated rings. The van der Waals surface area contributed by atoms with Gasteiger partial charge in [0.15, 0.2) is 5.17 Å². The number of benzene rings is 2. The van der Waals surface area contributed by atoms with Gasteiger partial charge >= 0.3 is 0 Å². The van der Waals surface area contributed by atoms with Crippen molar-refractivity contribution in [3.8, 4) is 5.75 Å². The first-order valence-corrected chi connectivity index (χ1v) is 10.7. The highest BCUT2D eigenvalue weighted by molar-refractivity contribution is 8.15. The number of unbranched alkanes of at least 4 members (excludes halogenated alkanes) is 2. The number of rotatable bonds is 9. The number of carbonyl (C=O) groups excluding carboxylic acids is 2. The number of anilines is 1. The molecule has 7 heteroatoms. The van der Waals surface area contributed by atoms with E-state index in [9.17, 15) is 9.59 Å². The zero-order valence-corrected chi connectivity index (χ0v) is 17.2. The van der Waals surface area contributed by atoms with Crippen molar-refractivity contribution in [2.24, 2.45) is 4.99 Å². The first-order chi connectivity index (χ1) is 14.1. The molecule has 0 aromatic heterocycles. The number of ether oxygens (including phenoxy) is 1. The summed E-state index contributed by atoms with van der Waals surface area (Å²) in [6.07, 6.45) is 3.43. The number of aliphatic imine (C=N–C) groups is 1. The second-order valence-electron chi connectivity index (χ2n) is 6.68. The Morgan fingerprint density at radius 3 is 2.62 bits per heavy atom. The van der Waals surface area contributed by atoms with Gasteiger partial charge < -0.3 is 15.4 Å². The second-order valence-corrected chi connectivity index (χ2v) is 7.87. The Labute approximate surface area is 175 Å². The largest absolute Gasteiger partial charge is 0.494 e. The lowest BCUT2D eigenvalue weighted by atomic mass is 10.2. The van der Waals surface area contributed by atoms with Crippen LogP contribution in [0.1, 0.15) is 32.6 Å². The molecule has 0 unspecified atom stereocenters. The number of amides is 2. The van der Waals surface area contributed by atoms with E-state index in [-0.39, 0.29) is 18.2 Å². The van der Waals surface area contributed by atoms with Crippen LogP contribution in [0.4, 0.5) is 11.4 Å². The number of hydrogen-bond acceptors (Lipinski definition) is 5. The summed E-state index contributed by atoms with van der Waals surface area (Å²) in [5, 5.41) is 5.59. The Bertz CT molecular complexity index is 853. The van der Waals surface area contributed by atoms with Gasteiger partial charge in [0.25, 0.3) is 0 Å². The van der Waals surface area contributed by atoms with Crippen LogP contribution in [-0.4, -0.2) is 28.8 Å². The molecule has 0 saturated carbocycles. The van der Waals surface area contributed by atoms with Crippen molar-refractivity contribution >= 4 is 40.1 Å². The molecular formula is C22H25N3O3S. The fraction of sp³-hybridized carbons (Fsp3) is 0.318. The number of para-hydroxylation sites is 1. The molecule has 3 rings (SSSR count). The lowest BCUT2D eigenvalue weighted by Crippen LogP contribution is -2.28. The van der Waals surface area contributed by atoms with Gasteiger partial charge in [-0.2, -0.15) is 0 Å². The minimum atomic E-state index is -0.487. The van der Waals surface area contributed by atoms with Gasteiger partial charge in [0.05, 0.1) is 12.3 Å². The van der Waals surface area contributed by atoms with Gasteiger partial charge in [-0.1, -0.05) is 49.7 Å². The monoisotopic (exact) mass is 411 g/mol. The van der Waals surface area contributed by atoms with Crippen LogP contribution in [0.2, 0.25) is 0 Å². The molecule has 2 amide bonds. The summed E-state index contributed by atoms with van der Waals surface area (Å²) in [6, 6.07) is 16.7. The van der Waals surface area contributed by atoms with Crippen LogP contribution < -0.4 is 15.4 Å². The molecule has 1 saturated heterocycles. The van der Waals surface area contributed by atoms with E-state index in [0.29, 0.717) is 17.5 Å². The maximum Gasteiger partial charge on any atom is 0.240 e. The Kier molecular flexibility index (Phi) is 7.69. The van der Waals surface area contributed by atoms with Crippen molar-refractivity contribution in [3.63, 3.8) is 0 Å². The molecule has 2 aromatic rings. The Hall–Kier alpha value is -2.80. The second kappa shape index (κ2) is 10.7. The average Bonchev–Trinajstić information content (AvgIpc) is 3.06. The van der Waals surface area contributed by atoms with Crippen molar-refractivity contribution < 1.29 is 14.3 Å². The zero-order valence-electron chi connectivity index (χ0n) is 16.4. The number of carbonyl (C=O) groups is 2. The van der Waals surface area contributed by atoms with Gasteiger partial charge in [0.2, 0.25) is 11.8 Å². The quantitative estimate of drug-likeness (QED) is 0.595. The highest BCUT2D eigenvalue weighted by atomic mass is 32.2. The summed E-state index contributed by atoms with van der Waals surface area (Å²) < 4.78 is 5.67. The molecule has 1 aliphatic heterocycles. The number of nitrogens with one attached hydrogen (secondary N) is 2. The van der Waals surface area contributed by atoms with Gasteiger partial charge in [-0.15, -0.1) is 0 Å². The van der Waals surface area contributed by atoms with Crippen LogP contribution in [0.3, 0.4) is 0 Å². The summed E-state index contributed by atoms with van der Waals surface area (Å²) >= 11 is 1.28. The maximum atomic E-state index is 12.3. The zero-order chi connectivity index (χ0) is 20.5. The van der Waals surface area contributed by atoms with Crippen LogP contribution in [0.5, 0.6) is 5.75 Å². The minimum Gasteiger partial charge on any atom is -0.494 e. The predicted octanol–water partition coefficient (Wildman–Crippen LogP) is 4.50. The van der Waals surface area contributed by atoms with Crippen molar-refractivity contribution in [2.45, 2.75) is 37.9 Å². The van der Waals surface area contributed by atoms with E-state index in [1.165, 1.54) is 11.8 Å². The molecule has 6 nitrogen and oxygen atoms in total. The highest BCUT2D eigenvalue weighted by Crippen LogP contribution is 2.25. The minimum absolute atomic E-state index is 0.0829. The maximum absolute atomic E-state index is 12.3. The van der Waals surface area contributed by atoms with Crippen LogP contribution >= 0.6 is 11.8 Å². The fourth-order valence-corrected chi connectivity index (χ4v) is 3.76. The van der Waals surface area contributed by atoms with Gasteiger partial charge in [0.1, 0.15) is 11.0 Å². The Morgan fingerprint density at radius 1 is 1.14 bits per heavy atom. The lowest BCUT2D eigenvalue weighted by molar-refractivity contribution is -0.122. The summed E-state index contributed by atoms with van der Waals surface area (Å²) in [7, 11) is 0. The topological polar surface area (TPSA) is 79.8 Å². The standard InChI is InChI=1S/C22H25N3O3S/c1-2-3-7-14-28-18-12-10-17(11-13-18)23-20(26)15-19-21(27)25-22(29-19)24-16-8-5-4-6-9-16/h4-6,8-13,19H,2-3,7,14-15H2,1H3,(H,23,26)(H,24,25,27)/t19-/m0/s1. The van der Waals surface area contributed by atoms with Crippen molar-refractivity contribution in [1.82, 2.24) is 5.32 Å². The number of thioether (sulfide) groups is 1. The average molecular weight is 412 g/mol. The molecule has 0 radical (unpaired) electrons. The molecule has 0 spiro atoms. The van der Waals surface area contributed by atoms with Gasteiger partial charge in [0, 0.05) is 12.1 Å². The van der Waals surface area contributed by atoms with E-state index < -0.39 is 5.25 Å². The molecule has 1 atom stereocenters. The smallest absolute Gasteiger partial charge is 0.240 e. The molecule has 0 aliphatic carbocycles. The van der Waals surface area contributed by atoms with Crippen LogP contribution in [0.15, 0.2) is 59.6 Å². The first-order valence-electron chi connectivity index (χ1n) is 9.78.